The van der Waals surface area contributed by atoms with Crippen molar-refractivity contribution in [3.8, 4) is 10.7 Å². The molecule has 0 aliphatic carbocycles. The number of ether oxygens (including phenoxy) is 1. The van der Waals surface area contributed by atoms with Crippen molar-refractivity contribution in [1.82, 2.24) is 19.7 Å². The molecule has 3 heterocycles. The third-order valence-corrected chi connectivity index (χ3v) is 4.42. The molecule has 7 heteroatoms. The number of hydrogen-bond donors (Lipinski definition) is 1. The molecular formula is C11H14N4OS2. The van der Waals surface area contributed by atoms with Crippen LogP contribution in [0.5, 0.6) is 0 Å². The second kappa shape index (κ2) is 4.91. The van der Waals surface area contributed by atoms with E-state index in [1.807, 2.05) is 10.8 Å². The maximum absolute atomic E-state index is 5.64. The summed E-state index contributed by atoms with van der Waals surface area (Å²) in [6.45, 7) is 3.70. The zero-order chi connectivity index (χ0) is 12.5. The third-order valence-electron chi connectivity index (χ3n) is 3.02. The first-order chi connectivity index (χ1) is 8.79. The molecule has 18 heavy (non-hydrogen) atoms. The molecule has 1 aliphatic rings. The predicted molar refractivity (Wildman–Crippen MR) is 72.1 cm³/mol. The number of aromatic nitrogens is 4. The fraction of sp³-hybridized carbons (Fsp3) is 0.545. The summed E-state index contributed by atoms with van der Waals surface area (Å²) in [6, 6.07) is 0. The van der Waals surface area contributed by atoms with Crippen molar-refractivity contribution in [2.24, 2.45) is 0 Å². The Morgan fingerprint density at radius 3 is 3.28 bits per heavy atom. The van der Waals surface area contributed by atoms with E-state index < -0.39 is 0 Å². The lowest BCUT2D eigenvalue weighted by Crippen LogP contribution is -1.96. The Bertz CT molecular complexity index is 594. The number of thiazole rings is 1. The Kier molecular flexibility index (Phi) is 3.27. The summed E-state index contributed by atoms with van der Waals surface area (Å²) < 4.78 is 8.27. The minimum absolute atomic E-state index is 0.167. The van der Waals surface area contributed by atoms with Crippen molar-refractivity contribution < 1.29 is 4.74 Å². The summed E-state index contributed by atoms with van der Waals surface area (Å²) in [7, 11) is 0. The number of nitrogens with one attached hydrogen (secondary N) is 1. The summed E-state index contributed by atoms with van der Waals surface area (Å²) in [5, 5.41) is 8.14. The maximum atomic E-state index is 5.64. The fourth-order valence-corrected chi connectivity index (χ4v) is 3.37. The van der Waals surface area contributed by atoms with Gasteiger partial charge in [-0.15, -0.1) is 11.3 Å². The van der Waals surface area contributed by atoms with Gasteiger partial charge < -0.3 is 4.74 Å². The molecule has 0 radical (unpaired) electrons. The van der Waals surface area contributed by atoms with Crippen LogP contribution in [0.4, 0.5) is 0 Å². The van der Waals surface area contributed by atoms with E-state index in [9.17, 15) is 0 Å². The van der Waals surface area contributed by atoms with Crippen LogP contribution in [0.2, 0.25) is 0 Å². The van der Waals surface area contributed by atoms with Gasteiger partial charge in [-0.05, 0) is 32.0 Å². The number of rotatable bonds is 3. The second-order valence-electron chi connectivity index (χ2n) is 4.16. The molecule has 1 aliphatic heterocycles. The van der Waals surface area contributed by atoms with E-state index in [-0.39, 0.29) is 6.10 Å². The Labute approximate surface area is 114 Å². The SMILES string of the molecule is CCn1c(-c2cnc(C3CCCO3)s2)n[nH]c1=S. The number of H-pyrrole nitrogens is 1. The molecule has 0 spiro atoms. The van der Waals surface area contributed by atoms with Crippen LogP contribution in [-0.4, -0.2) is 26.4 Å². The van der Waals surface area contributed by atoms with Gasteiger partial charge in [0.2, 0.25) is 0 Å². The topological polar surface area (TPSA) is 55.7 Å². The van der Waals surface area contributed by atoms with Crippen LogP contribution < -0.4 is 0 Å². The first kappa shape index (κ1) is 12.0. The highest BCUT2D eigenvalue weighted by atomic mass is 32.1. The Hall–Kier alpha value is -1.05. The lowest BCUT2D eigenvalue weighted by atomic mass is 10.2. The van der Waals surface area contributed by atoms with Crippen LogP contribution in [0, 0.1) is 4.77 Å². The minimum atomic E-state index is 0.167. The molecular weight excluding hydrogens is 268 g/mol. The predicted octanol–water partition coefficient (Wildman–Crippen LogP) is 2.94. The zero-order valence-corrected chi connectivity index (χ0v) is 11.7. The van der Waals surface area contributed by atoms with Crippen LogP contribution >= 0.6 is 23.6 Å². The first-order valence-electron chi connectivity index (χ1n) is 6.02. The smallest absolute Gasteiger partial charge is 0.195 e. The summed E-state index contributed by atoms with van der Waals surface area (Å²) in [4.78, 5) is 5.49. The van der Waals surface area contributed by atoms with E-state index in [1.54, 1.807) is 11.3 Å². The van der Waals surface area contributed by atoms with Crippen molar-refractivity contribution in [2.75, 3.05) is 6.61 Å². The average Bonchev–Trinajstić information content (AvgIpc) is 3.08. The van der Waals surface area contributed by atoms with Crippen LogP contribution in [0.1, 0.15) is 30.9 Å². The molecule has 0 amide bonds. The summed E-state index contributed by atoms with van der Waals surface area (Å²) in [6.07, 6.45) is 4.21. The van der Waals surface area contributed by atoms with Gasteiger partial charge in [0, 0.05) is 19.3 Å². The van der Waals surface area contributed by atoms with E-state index in [0.717, 1.165) is 41.7 Å². The van der Waals surface area contributed by atoms with E-state index >= 15 is 0 Å². The summed E-state index contributed by atoms with van der Waals surface area (Å²) in [5.74, 6) is 0.865. The van der Waals surface area contributed by atoms with Gasteiger partial charge in [0.1, 0.15) is 11.1 Å². The largest absolute Gasteiger partial charge is 0.371 e. The Balaban J connectivity index is 1.94. The third kappa shape index (κ3) is 2.02. The highest BCUT2D eigenvalue weighted by Gasteiger charge is 2.22. The van der Waals surface area contributed by atoms with Crippen LogP contribution in [0.3, 0.4) is 0 Å². The highest BCUT2D eigenvalue weighted by molar-refractivity contribution is 7.71. The van der Waals surface area contributed by atoms with E-state index in [2.05, 4.69) is 22.1 Å². The van der Waals surface area contributed by atoms with Gasteiger partial charge in [0.25, 0.3) is 0 Å². The Morgan fingerprint density at radius 1 is 1.67 bits per heavy atom. The lowest BCUT2D eigenvalue weighted by Gasteiger charge is -2.03. The van der Waals surface area contributed by atoms with Crippen molar-refractivity contribution >= 4 is 23.6 Å². The molecule has 1 fully saturated rings. The maximum Gasteiger partial charge on any atom is 0.195 e. The van der Waals surface area contributed by atoms with E-state index in [0.29, 0.717) is 4.77 Å². The molecule has 5 nitrogen and oxygen atoms in total. The van der Waals surface area contributed by atoms with Gasteiger partial charge in [-0.25, -0.2) is 4.98 Å². The average molecular weight is 282 g/mol. The highest BCUT2D eigenvalue weighted by Crippen LogP contribution is 2.34. The second-order valence-corrected chi connectivity index (χ2v) is 5.61. The standard InChI is InChI=1S/C11H14N4OS2/c1-2-15-9(13-14-11(15)17)8-6-12-10(18-8)7-4-3-5-16-7/h6-7H,2-5H2,1H3,(H,14,17). The number of nitrogens with zero attached hydrogens (tertiary/aromatic N) is 3. The van der Waals surface area contributed by atoms with Crippen molar-refractivity contribution in [1.29, 1.82) is 0 Å². The Morgan fingerprint density at radius 2 is 2.56 bits per heavy atom. The number of hydrogen-bond acceptors (Lipinski definition) is 5. The molecule has 0 bridgehead atoms. The van der Waals surface area contributed by atoms with Gasteiger partial charge in [-0.1, -0.05) is 0 Å². The molecule has 2 aromatic rings. The van der Waals surface area contributed by atoms with Gasteiger partial charge in [0.15, 0.2) is 10.6 Å². The molecule has 0 saturated carbocycles. The molecule has 1 unspecified atom stereocenters. The van der Waals surface area contributed by atoms with E-state index in [4.69, 9.17) is 17.0 Å². The van der Waals surface area contributed by atoms with Crippen molar-refractivity contribution in [2.45, 2.75) is 32.4 Å². The van der Waals surface area contributed by atoms with Crippen LogP contribution in [0.15, 0.2) is 6.20 Å². The minimum Gasteiger partial charge on any atom is -0.371 e. The summed E-state index contributed by atoms with van der Waals surface area (Å²) >= 11 is 6.83. The first-order valence-corrected chi connectivity index (χ1v) is 7.25. The monoisotopic (exact) mass is 282 g/mol. The van der Waals surface area contributed by atoms with Crippen molar-refractivity contribution in [3.05, 3.63) is 16.0 Å². The quantitative estimate of drug-likeness (QED) is 0.879. The summed E-state index contributed by atoms with van der Waals surface area (Å²) in [5.41, 5.74) is 0. The zero-order valence-electron chi connectivity index (χ0n) is 10.0. The van der Waals surface area contributed by atoms with Gasteiger partial charge in [-0.3, -0.25) is 9.67 Å². The number of aromatic amines is 1. The van der Waals surface area contributed by atoms with E-state index in [1.165, 1.54) is 0 Å². The van der Waals surface area contributed by atoms with Crippen molar-refractivity contribution in [3.63, 3.8) is 0 Å². The lowest BCUT2D eigenvalue weighted by molar-refractivity contribution is 0.111. The molecule has 1 N–H and O–H groups in total. The van der Waals surface area contributed by atoms with Crippen LogP contribution in [0.25, 0.3) is 10.7 Å². The fourth-order valence-electron chi connectivity index (χ4n) is 2.11. The normalized spacial score (nSPS) is 19.5. The van der Waals surface area contributed by atoms with Gasteiger partial charge >= 0.3 is 0 Å². The van der Waals surface area contributed by atoms with Gasteiger partial charge in [-0.2, -0.15) is 5.10 Å². The molecule has 1 atom stereocenters. The molecule has 1 saturated heterocycles. The van der Waals surface area contributed by atoms with Crippen LogP contribution in [-0.2, 0) is 11.3 Å². The molecule has 3 rings (SSSR count). The molecule has 0 aromatic carbocycles. The molecule has 2 aromatic heterocycles. The molecule has 96 valence electrons. The van der Waals surface area contributed by atoms with Gasteiger partial charge in [0.05, 0.1) is 4.88 Å².